The van der Waals surface area contributed by atoms with E-state index in [-0.39, 0.29) is 5.91 Å². The number of furan rings is 1. The normalized spacial score (nSPS) is 13.0. The van der Waals surface area contributed by atoms with Crippen LogP contribution in [0.5, 0.6) is 5.75 Å². The van der Waals surface area contributed by atoms with E-state index in [4.69, 9.17) is 9.15 Å². The van der Waals surface area contributed by atoms with Crippen LogP contribution in [0.1, 0.15) is 16.1 Å². The van der Waals surface area contributed by atoms with Crippen LogP contribution in [0.15, 0.2) is 39.4 Å². The molecule has 0 fully saturated rings. The van der Waals surface area contributed by atoms with E-state index >= 15 is 0 Å². The van der Waals surface area contributed by atoms with Gasteiger partial charge in [-0.2, -0.15) is 0 Å². The van der Waals surface area contributed by atoms with Crippen LogP contribution in [0, 0.1) is 0 Å². The van der Waals surface area contributed by atoms with Crippen molar-refractivity contribution in [3.8, 4) is 5.75 Å². The number of carbonyl (C=O) groups is 1. The maximum Gasteiger partial charge on any atom is 0.257 e. The molecule has 0 atom stereocenters. The molecule has 0 saturated heterocycles. The third kappa shape index (κ3) is 2.90. The van der Waals surface area contributed by atoms with Gasteiger partial charge in [-0.25, -0.2) is 0 Å². The van der Waals surface area contributed by atoms with Crippen molar-refractivity contribution in [1.29, 1.82) is 0 Å². The number of fused-ring (bicyclic) bond motifs is 1. The molecule has 0 unspecified atom stereocenters. The van der Waals surface area contributed by atoms with E-state index < -0.39 is 0 Å². The summed E-state index contributed by atoms with van der Waals surface area (Å²) in [6.07, 6.45) is 0. The van der Waals surface area contributed by atoms with Crippen molar-refractivity contribution in [3.63, 3.8) is 0 Å². The molecular weight excluding hydrogens is 336 g/mol. The predicted molar refractivity (Wildman–Crippen MR) is 82.6 cm³/mol. The highest BCUT2D eigenvalue weighted by Crippen LogP contribution is 2.32. The van der Waals surface area contributed by atoms with Crippen molar-refractivity contribution >= 4 is 27.5 Å². The lowest BCUT2D eigenvalue weighted by Crippen LogP contribution is -2.28. The summed E-state index contributed by atoms with van der Waals surface area (Å²) in [6.45, 7) is 1.72. The lowest BCUT2D eigenvalue weighted by molar-refractivity contribution is 0.0770. The molecule has 5 nitrogen and oxygen atoms in total. The molecular formula is C15H15BrN2O3. The van der Waals surface area contributed by atoms with Gasteiger partial charge in [0.1, 0.15) is 12.4 Å². The minimum Gasteiger partial charge on any atom is -0.489 e. The minimum absolute atomic E-state index is 0.0944. The van der Waals surface area contributed by atoms with Gasteiger partial charge in [-0.15, -0.1) is 0 Å². The van der Waals surface area contributed by atoms with Gasteiger partial charge in [0.2, 0.25) is 0 Å². The standard InChI is InChI=1S/C15H15BrN2O3/c1-18(9-10-5-6-13(16)21-10)15(19)11-3-2-4-12-14(11)20-8-7-17-12/h2-6,17H,7-9H2,1H3. The molecule has 0 bridgehead atoms. The number of para-hydroxylation sites is 1. The second-order valence-corrected chi connectivity index (χ2v) is 5.61. The molecule has 110 valence electrons. The van der Waals surface area contributed by atoms with Gasteiger partial charge < -0.3 is 19.4 Å². The first-order valence-electron chi connectivity index (χ1n) is 6.64. The van der Waals surface area contributed by atoms with Gasteiger partial charge >= 0.3 is 0 Å². The molecule has 0 radical (unpaired) electrons. The first-order valence-corrected chi connectivity index (χ1v) is 7.44. The third-order valence-corrected chi connectivity index (χ3v) is 3.70. The largest absolute Gasteiger partial charge is 0.489 e. The van der Waals surface area contributed by atoms with Crippen LogP contribution in [0.2, 0.25) is 0 Å². The molecule has 1 aliphatic rings. The fourth-order valence-corrected chi connectivity index (χ4v) is 2.63. The molecule has 21 heavy (non-hydrogen) atoms. The minimum atomic E-state index is -0.0944. The number of nitrogens with one attached hydrogen (secondary N) is 1. The summed E-state index contributed by atoms with van der Waals surface area (Å²) in [5.74, 6) is 1.26. The Labute approximate surface area is 131 Å². The summed E-state index contributed by atoms with van der Waals surface area (Å²) in [4.78, 5) is 14.2. The maximum absolute atomic E-state index is 12.6. The van der Waals surface area contributed by atoms with Crippen molar-refractivity contribution < 1.29 is 13.9 Å². The topological polar surface area (TPSA) is 54.7 Å². The van der Waals surface area contributed by atoms with Crippen LogP contribution >= 0.6 is 15.9 Å². The lowest BCUT2D eigenvalue weighted by Gasteiger charge is -2.23. The van der Waals surface area contributed by atoms with Gasteiger partial charge in [0.25, 0.3) is 5.91 Å². The Morgan fingerprint density at radius 1 is 1.38 bits per heavy atom. The van der Waals surface area contributed by atoms with E-state index in [9.17, 15) is 4.79 Å². The maximum atomic E-state index is 12.6. The molecule has 2 aromatic rings. The highest BCUT2D eigenvalue weighted by atomic mass is 79.9. The summed E-state index contributed by atoms with van der Waals surface area (Å²) in [5.41, 5.74) is 1.43. The van der Waals surface area contributed by atoms with E-state index in [1.165, 1.54) is 0 Å². The molecule has 1 N–H and O–H groups in total. The molecule has 1 aromatic carbocycles. The first-order chi connectivity index (χ1) is 10.1. The Morgan fingerprint density at radius 3 is 3.00 bits per heavy atom. The molecule has 6 heteroatoms. The third-order valence-electron chi connectivity index (χ3n) is 3.28. The second kappa shape index (κ2) is 5.81. The number of hydrogen-bond donors (Lipinski definition) is 1. The summed E-state index contributed by atoms with van der Waals surface area (Å²) < 4.78 is 11.7. The number of halogens is 1. The number of hydrogen-bond acceptors (Lipinski definition) is 4. The first kappa shape index (κ1) is 14.0. The SMILES string of the molecule is CN(Cc1ccc(Br)o1)C(=O)c1cccc2c1OCCN2. The van der Waals surface area contributed by atoms with Crippen molar-refractivity contribution in [2.45, 2.75) is 6.54 Å². The van der Waals surface area contributed by atoms with E-state index in [0.717, 1.165) is 18.0 Å². The Kier molecular flexibility index (Phi) is 3.88. The Balaban J connectivity index is 1.81. The van der Waals surface area contributed by atoms with Gasteiger partial charge in [-0.3, -0.25) is 4.79 Å². The van der Waals surface area contributed by atoms with Crippen molar-refractivity contribution in [2.24, 2.45) is 0 Å². The Bertz CT molecular complexity index is 669. The Morgan fingerprint density at radius 2 is 2.24 bits per heavy atom. The van der Waals surface area contributed by atoms with Gasteiger partial charge in [-0.1, -0.05) is 6.07 Å². The number of ether oxygens (including phenoxy) is 1. The van der Waals surface area contributed by atoms with E-state index in [1.54, 1.807) is 18.0 Å². The Hall–Kier alpha value is -1.95. The van der Waals surface area contributed by atoms with E-state index in [0.29, 0.717) is 29.1 Å². The molecule has 0 saturated carbocycles. The van der Waals surface area contributed by atoms with E-state index in [2.05, 4.69) is 21.2 Å². The van der Waals surface area contributed by atoms with Gasteiger partial charge in [0.05, 0.1) is 17.8 Å². The number of anilines is 1. The zero-order valence-corrected chi connectivity index (χ0v) is 13.1. The summed E-state index contributed by atoms with van der Waals surface area (Å²) in [5, 5.41) is 3.23. The zero-order valence-electron chi connectivity index (χ0n) is 11.6. The molecule has 1 aromatic heterocycles. The van der Waals surface area contributed by atoms with Crippen LogP contribution in [-0.4, -0.2) is 31.0 Å². The van der Waals surface area contributed by atoms with E-state index in [1.807, 2.05) is 24.3 Å². The smallest absolute Gasteiger partial charge is 0.257 e. The number of benzene rings is 1. The van der Waals surface area contributed by atoms with Crippen LogP contribution < -0.4 is 10.1 Å². The average molecular weight is 351 g/mol. The van der Waals surface area contributed by atoms with Gasteiger partial charge in [0.15, 0.2) is 10.4 Å². The molecule has 1 amide bonds. The zero-order chi connectivity index (χ0) is 14.8. The summed E-state index contributed by atoms with van der Waals surface area (Å²) >= 11 is 3.25. The van der Waals surface area contributed by atoms with Gasteiger partial charge in [0, 0.05) is 13.6 Å². The number of amides is 1. The average Bonchev–Trinajstić information content (AvgIpc) is 2.91. The van der Waals surface area contributed by atoms with Crippen LogP contribution in [0.4, 0.5) is 5.69 Å². The van der Waals surface area contributed by atoms with Crippen LogP contribution in [0.25, 0.3) is 0 Å². The van der Waals surface area contributed by atoms with Crippen molar-refractivity contribution in [3.05, 3.63) is 46.3 Å². The predicted octanol–water partition coefficient (Wildman–Crippen LogP) is 3.12. The van der Waals surface area contributed by atoms with Crippen molar-refractivity contribution in [2.75, 3.05) is 25.5 Å². The quantitative estimate of drug-likeness (QED) is 0.923. The number of carbonyl (C=O) groups excluding carboxylic acids is 1. The highest BCUT2D eigenvalue weighted by Gasteiger charge is 2.22. The fraction of sp³-hybridized carbons (Fsp3) is 0.267. The highest BCUT2D eigenvalue weighted by molar-refractivity contribution is 9.10. The molecule has 2 heterocycles. The van der Waals surface area contributed by atoms with Gasteiger partial charge in [-0.05, 0) is 40.2 Å². The monoisotopic (exact) mass is 350 g/mol. The second-order valence-electron chi connectivity index (χ2n) is 4.82. The van der Waals surface area contributed by atoms with Crippen LogP contribution in [-0.2, 0) is 6.54 Å². The molecule has 0 aliphatic carbocycles. The lowest BCUT2D eigenvalue weighted by atomic mass is 10.1. The summed E-state index contributed by atoms with van der Waals surface area (Å²) in [6, 6.07) is 9.19. The molecule has 0 spiro atoms. The van der Waals surface area contributed by atoms with Crippen LogP contribution in [0.3, 0.4) is 0 Å². The number of nitrogens with zero attached hydrogens (tertiary/aromatic N) is 1. The fourth-order valence-electron chi connectivity index (χ4n) is 2.29. The molecule has 1 aliphatic heterocycles. The summed E-state index contributed by atoms with van der Waals surface area (Å²) in [7, 11) is 1.74. The molecule has 3 rings (SSSR count). The number of rotatable bonds is 3. The van der Waals surface area contributed by atoms with Crippen molar-refractivity contribution in [1.82, 2.24) is 4.90 Å².